The zero-order valence-electron chi connectivity index (χ0n) is 7.95. The molecule has 2 rings (SSSR count). The molecule has 1 heteroatoms. The normalized spacial score (nSPS) is 13.5. The smallest absolute Gasteiger partial charge is 0.0351 e. The Morgan fingerprint density at radius 3 is 1.00 bits per heavy atom. The van der Waals surface area contributed by atoms with E-state index in [4.69, 9.17) is 0 Å². The van der Waals surface area contributed by atoms with Gasteiger partial charge in [0.2, 0.25) is 0 Å². The molecule has 0 fully saturated rings. The van der Waals surface area contributed by atoms with Crippen LogP contribution in [0.15, 0.2) is 48.6 Å². The summed E-state index contributed by atoms with van der Waals surface area (Å²) in [7, 11) is 0. The lowest BCUT2D eigenvalue weighted by molar-refractivity contribution is 0.730. The summed E-state index contributed by atoms with van der Waals surface area (Å²) in [5, 5.41) is 0. The average Bonchev–Trinajstić information content (AvgIpc) is 2.24. The van der Waals surface area contributed by atoms with Gasteiger partial charge in [0.1, 0.15) is 0 Å². The molecule has 0 unspecified atom stereocenters. The van der Waals surface area contributed by atoms with Crippen molar-refractivity contribution < 1.29 is 5.48 Å². The third-order valence-electron chi connectivity index (χ3n) is 1.82. The van der Waals surface area contributed by atoms with Gasteiger partial charge < -0.3 is 5.48 Å². The lowest BCUT2D eigenvalue weighted by Gasteiger charge is -1.97. The minimum Gasteiger partial charge on any atom is -0.412 e. The van der Waals surface area contributed by atoms with E-state index in [2.05, 4.69) is 12.2 Å². The van der Waals surface area contributed by atoms with Gasteiger partial charge in [-0.2, -0.15) is 0 Å². The number of hydrogen-bond acceptors (Lipinski definition) is 0. The van der Waals surface area contributed by atoms with Gasteiger partial charge in [0.05, 0.1) is 0 Å². The van der Waals surface area contributed by atoms with Crippen molar-refractivity contribution >= 4 is 0 Å². The second-order valence-electron chi connectivity index (χ2n) is 2.91. The van der Waals surface area contributed by atoms with Crippen LogP contribution in [0.5, 0.6) is 0 Å². The number of allylic oxidation sites excluding steroid dienone is 2. The van der Waals surface area contributed by atoms with E-state index in [-0.39, 0.29) is 5.48 Å². The second kappa shape index (κ2) is 9.01. The fraction of sp³-hybridized carbons (Fsp3) is 0.333. The Labute approximate surface area is 80.4 Å². The molecule has 0 radical (unpaired) electrons. The lowest BCUT2D eigenvalue weighted by atomic mass is 10.1. The van der Waals surface area contributed by atoms with E-state index in [0.29, 0.717) is 0 Å². The Kier molecular flexibility index (Phi) is 8.26. The second-order valence-corrected chi connectivity index (χ2v) is 2.91. The van der Waals surface area contributed by atoms with Crippen LogP contribution in [0.2, 0.25) is 0 Å². The van der Waals surface area contributed by atoms with E-state index in [1.165, 1.54) is 25.7 Å². The van der Waals surface area contributed by atoms with Crippen LogP contribution in [-0.4, -0.2) is 5.48 Å². The van der Waals surface area contributed by atoms with Crippen LogP contribution in [0.1, 0.15) is 25.7 Å². The first-order valence-corrected chi connectivity index (χ1v) is 4.65. The molecule has 1 aromatic rings. The highest BCUT2D eigenvalue weighted by atomic mass is 16.0. The summed E-state index contributed by atoms with van der Waals surface area (Å²) < 4.78 is 0. The van der Waals surface area contributed by atoms with E-state index in [9.17, 15) is 0 Å². The van der Waals surface area contributed by atoms with Crippen molar-refractivity contribution in [2.75, 3.05) is 0 Å². The summed E-state index contributed by atoms with van der Waals surface area (Å²) in [6.07, 6.45) is 10.0. The summed E-state index contributed by atoms with van der Waals surface area (Å²) in [5.74, 6) is 0. The highest BCUT2D eigenvalue weighted by molar-refractivity contribution is 4.99. The minimum absolute atomic E-state index is 0. The van der Waals surface area contributed by atoms with Gasteiger partial charge in [-0.15, -0.1) is 0 Å². The van der Waals surface area contributed by atoms with E-state index in [0.717, 1.165) is 0 Å². The highest BCUT2D eigenvalue weighted by Gasteiger charge is 1.87. The highest BCUT2D eigenvalue weighted by Crippen LogP contribution is 2.07. The van der Waals surface area contributed by atoms with Crippen LogP contribution in [0.25, 0.3) is 0 Å². The zero-order chi connectivity index (χ0) is 8.49. The first-order valence-electron chi connectivity index (χ1n) is 4.65. The number of rotatable bonds is 0. The first kappa shape index (κ1) is 11.9. The Morgan fingerprint density at radius 1 is 0.538 bits per heavy atom. The largest absolute Gasteiger partial charge is 0.412 e. The molecule has 72 valence electrons. The summed E-state index contributed by atoms with van der Waals surface area (Å²) >= 11 is 0. The molecular formula is C12H18O. The van der Waals surface area contributed by atoms with Gasteiger partial charge >= 0.3 is 0 Å². The van der Waals surface area contributed by atoms with Gasteiger partial charge in [0, 0.05) is 0 Å². The fourth-order valence-corrected chi connectivity index (χ4v) is 1.14. The molecule has 0 aliphatic heterocycles. The lowest BCUT2D eigenvalue weighted by Crippen LogP contribution is -1.77. The van der Waals surface area contributed by atoms with Crippen LogP contribution in [0.4, 0.5) is 0 Å². The van der Waals surface area contributed by atoms with Crippen molar-refractivity contribution in [3.63, 3.8) is 0 Å². The maximum atomic E-state index is 2.27. The average molecular weight is 178 g/mol. The molecule has 1 nitrogen and oxygen atoms in total. The van der Waals surface area contributed by atoms with Crippen molar-refractivity contribution in [1.29, 1.82) is 0 Å². The molecule has 0 aromatic heterocycles. The van der Waals surface area contributed by atoms with Crippen molar-refractivity contribution in [1.82, 2.24) is 0 Å². The molecule has 1 aliphatic carbocycles. The van der Waals surface area contributed by atoms with Gasteiger partial charge in [0.25, 0.3) is 0 Å². The summed E-state index contributed by atoms with van der Waals surface area (Å²) in [6, 6.07) is 12.0. The summed E-state index contributed by atoms with van der Waals surface area (Å²) in [5.41, 5.74) is 0. The predicted molar refractivity (Wildman–Crippen MR) is 57.7 cm³/mol. The molecule has 0 spiro atoms. The monoisotopic (exact) mass is 178 g/mol. The van der Waals surface area contributed by atoms with E-state index >= 15 is 0 Å². The standard InChI is InChI=1S/C6H10.C6H6.H2O/c2*1-2-4-6-5-3-1;/h1-2H,3-6H2;1-6H;1H2. The molecule has 13 heavy (non-hydrogen) atoms. The van der Waals surface area contributed by atoms with Crippen LogP contribution >= 0.6 is 0 Å². The summed E-state index contributed by atoms with van der Waals surface area (Å²) in [6.45, 7) is 0. The molecular weight excluding hydrogens is 160 g/mol. The molecule has 0 atom stereocenters. The Morgan fingerprint density at radius 2 is 0.846 bits per heavy atom. The molecule has 1 aliphatic rings. The van der Waals surface area contributed by atoms with E-state index < -0.39 is 0 Å². The van der Waals surface area contributed by atoms with Crippen molar-refractivity contribution in [3.8, 4) is 0 Å². The fourth-order valence-electron chi connectivity index (χ4n) is 1.14. The molecule has 0 bridgehead atoms. The molecule has 1 aromatic carbocycles. The van der Waals surface area contributed by atoms with Gasteiger partial charge in [-0.05, 0) is 25.7 Å². The molecule has 2 N–H and O–H groups in total. The van der Waals surface area contributed by atoms with Gasteiger partial charge in [0.15, 0.2) is 0 Å². The van der Waals surface area contributed by atoms with Gasteiger partial charge in [-0.3, -0.25) is 0 Å². The maximum Gasteiger partial charge on any atom is -0.0351 e. The first-order chi connectivity index (χ1) is 6.00. The summed E-state index contributed by atoms with van der Waals surface area (Å²) in [4.78, 5) is 0. The maximum absolute atomic E-state index is 2.27. The van der Waals surface area contributed by atoms with Crippen LogP contribution in [0, 0.1) is 0 Å². The number of benzene rings is 1. The van der Waals surface area contributed by atoms with Crippen LogP contribution in [0.3, 0.4) is 0 Å². The Balaban J connectivity index is 0.000000206. The number of hydrogen-bond donors (Lipinski definition) is 0. The van der Waals surface area contributed by atoms with E-state index in [1.807, 2.05) is 36.4 Å². The minimum atomic E-state index is 0. The SMILES string of the molecule is C1=CCCCC1.O.c1ccccc1. The third kappa shape index (κ3) is 7.29. The Hall–Kier alpha value is -1.08. The molecule has 0 saturated carbocycles. The topological polar surface area (TPSA) is 31.5 Å². The molecule has 0 amide bonds. The van der Waals surface area contributed by atoms with Gasteiger partial charge in [-0.25, -0.2) is 0 Å². The predicted octanol–water partition coefficient (Wildman–Crippen LogP) is 2.98. The van der Waals surface area contributed by atoms with Crippen molar-refractivity contribution in [3.05, 3.63) is 48.6 Å². The quantitative estimate of drug-likeness (QED) is 0.547. The molecule has 0 heterocycles. The Bertz CT molecular complexity index is 169. The third-order valence-corrected chi connectivity index (χ3v) is 1.82. The van der Waals surface area contributed by atoms with Crippen molar-refractivity contribution in [2.45, 2.75) is 25.7 Å². The van der Waals surface area contributed by atoms with E-state index in [1.54, 1.807) is 0 Å². The van der Waals surface area contributed by atoms with Gasteiger partial charge in [-0.1, -0.05) is 48.6 Å². The van der Waals surface area contributed by atoms with Crippen LogP contribution < -0.4 is 0 Å². The molecule has 0 saturated heterocycles. The zero-order valence-corrected chi connectivity index (χ0v) is 7.95. The van der Waals surface area contributed by atoms with Crippen LogP contribution in [-0.2, 0) is 0 Å². The van der Waals surface area contributed by atoms with Crippen molar-refractivity contribution in [2.24, 2.45) is 0 Å².